The van der Waals surface area contributed by atoms with Crippen molar-refractivity contribution in [2.45, 2.75) is 27.7 Å². The maximum atomic E-state index is 13.7. The first kappa shape index (κ1) is 21.4. The molecule has 0 saturated carbocycles. The van der Waals surface area contributed by atoms with Crippen LogP contribution in [0.2, 0.25) is 0 Å². The molecule has 32 heavy (non-hydrogen) atoms. The van der Waals surface area contributed by atoms with Crippen molar-refractivity contribution in [3.8, 4) is 5.75 Å². The number of rotatable bonds is 6. The lowest BCUT2D eigenvalue weighted by Gasteiger charge is -2.19. The van der Waals surface area contributed by atoms with Crippen molar-refractivity contribution in [1.82, 2.24) is 0 Å². The SMILES string of the molecule is CCOc1ccccc1N1C(=O)C(Nc2cc(C)ccc2C)=C(c2ccc(C)cc2)C1=O. The number of amides is 2. The predicted molar refractivity (Wildman–Crippen MR) is 128 cm³/mol. The normalized spacial score (nSPS) is 13.7. The molecule has 5 nitrogen and oxygen atoms in total. The van der Waals surface area contributed by atoms with Crippen molar-refractivity contribution in [2.24, 2.45) is 0 Å². The zero-order valence-corrected chi connectivity index (χ0v) is 18.7. The minimum absolute atomic E-state index is 0.263. The number of para-hydroxylation sites is 2. The zero-order valence-electron chi connectivity index (χ0n) is 18.7. The van der Waals surface area contributed by atoms with Gasteiger partial charge in [0.25, 0.3) is 11.8 Å². The van der Waals surface area contributed by atoms with Gasteiger partial charge in [-0.15, -0.1) is 0 Å². The smallest absolute Gasteiger partial charge is 0.282 e. The lowest BCUT2D eigenvalue weighted by molar-refractivity contribution is -0.120. The van der Waals surface area contributed by atoms with Crippen molar-refractivity contribution in [3.63, 3.8) is 0 Å². The molecule has 4 rings (SSSR count). The molecular weight excluding hydrogens is 400 g/mol. The number of carbonyl (C=O) groups excluding carboxylic acids is 2. The van der Waals surface area contributed by atoms with Crippen LogP contribution in [-0.4, -0.2) is 18.4 Å². The molecule has 162 valence electrons. The van der Waals surface area contributed by atoms with Crippen molar-refractivity contribution >= 4 is 28.8 Å². The molecule has 0 spiro atoms. The fourth-order valence-electron chi connectivity index (χ4n) is 3.78. The van der Waals surface area contributed by atoms with Gasteiger partial charge in [0.05, 0.1) is 17.9 Å². The first-order valence-electron chi connectivity index (χ1n) is 10.7. The standard InChI is InChI=1S/C27H26N2O3/c1-5-32-23-9-7-6-8-22(23)29-26(30)24(20-14-11-17(2)12-15-20)25(27(29)31)28-21-16-18(3)10-13-19(21)4/h6-16,28H,5H2,1-4H3. The Hall–Kier alpha value is -3.86. The molecule has 1 heterocycles. The second kappa shape index (κ2) is 8.71. The number of hydrogen-bond donors (Lipinski definition) is 1. The molecule has 5 heteroatoms. The van der Waals surface area contributed by atoms with Crippen molar-refractivity contribution in [1.29, 1.82) is 0 Å². The van der Waals surface area contributed by atoms with E-state index in [1.165, 1.54) is 4.90 Å². The predicted octanol–water partition coefficient (Wildman–Crippen LogP) is 5.41. The highest BCUT2D eigenvalue weighted by Crippen LogP contribution is 2.38. The number of carbonyl (C=O) groups is 2. The molecule has 2 amide bonds. The molecule has 0 aliphatic carbocycles. The summed E-state index contributed by atoms with van der Waals surface area (Å²) in [5.74, 6) is -0.287. The van der Waals surface area contributed by atoms with E-state index < -0.39 is 5.91 Å². The molecular formula is C27H26N2O3. The highest BCUT2D eigenvalue weighted by Gasteiger charge is 2.41. The number of anilines is 2. The molecule has 0 saturated heterocycles. The van der Waals surface area contributed by atoms with Crippen LogP contribution < -0.4 is 15.0 Å². The van der Waals surface area contributed by atoms with E-state index in [0.29, 0.717) is 29.2 Å². The van der Waals surface area contributed by atoms with E-state index in [4.69, 9.17) is 4.74 Å². The van der Waals surface area contributed by atoms with Gasteiger partial charge in [-0.1, -0.05) is 54.1 Å². The summed E-state index contributed by atoms with van der Waals surface area (Å²) >= 11 is 0. The third kappa shape index (κ3) is 3.89. The molecule has 0 atom stereocenters. The van der Waals surface area contributed by atoms with E-state index in [-0.39, 0.29) is 11.6 Å². The van der Waals surface area contributed by atoms with Gasteiger partial charge in [-0.2, -0.15) is 0 Å². The van der Waals surface area contributed by atoms with Crippen LogP contribution in [0.25, 0.3) is 5.57 Å². The summed E-state index contributed by atoms with van der Waals surface area (Å²) in [6.07, 6.45) is 0. The van der Waals surface area contributed by atoms with Gasteiger partial charge in [-0.25, -0.2) is 4.90 Å². The van der Waals surface area contributed by atoms with E-state index >= 15 is 0 Å². The lowest BCUT2D eigenvalue weighted by Crippen LogP contribution is -2.32. The van der Waals surface area contributed by atoms with Crippen LogP contribution in [0.5, 0.6) is 5.75 Å². The molecule has 0 fully saturated rings. The molecule has 0 bridgehead atoms. The highest BCUT2D eigenvalue weighted by molar-refractivity contribution is 6.46. The van der Waals surface area contributed by atoms with Gasteiger partial charge in [0, 0.05) is 5.69 Å². The Labute approximate surface area is 188 Å². The van der Waals surface area contributed by atoms with Crippen LogP contribution in [0.15, 0.2) is 72.4 Å². The van der Waals surface area contributed by atoms with E-state index in [9.17, 15) is 9.59 Å². The molecule has 1 aliphatic heterocycles. The van der Waals surface area contributed by atoms with Crippen LogP contribution in [0, 0.1) is 20.8 Å². The van der Waals surface area contributed by atoms with Crippen LogP contribution in [0.1, 0.15) is 29.2 Å². The van der Waals surface area contributed by atoms with Gasteiger partial charge in [-0.3, -0.25) is 9.59 Å². The van der Waals surface area contributed by atoms with Gasteiger partial charge in [0.1, 0.15) is 11.4 Å². The average molecular weight is 427 g/mol. The monoisotopic (exact) mass is 426 g/mol. The van der Waals surface area contributed by atoms with Crippen LogP contribution in [0.4, 0.5) is 11.4 Å². The molecule has 0 radical (unpaired) electrons. The largest absolute Gasteiger partial charge is 0.492 e. The number of hydrogen-bond acceptors (Lipinski definition) is 4. The van der Waals surface area contributed by atoms with E-state index in [1.54, 1.807) is 18.2 Å². The van der Waals surface area contributed by atoms with Crippen LogP contribution in [0.3, 0.4) is 0 Å². The summed E-state index contributed by atoms with van der Waals surface area (Å²) in [5.41, 5.74) is 5.66. The molecule has 3 aromatic rings. The maximum absolute atomic E-state index is 13.7. The van der Waals surface area contributed by atoms with Gasteiger partial charge in [-0.05, 0) is 62.6 Å². The summed E-state index contributed by atoms with van der Waals surface area (Å²) in [4.78, 5) is 28.5. The minimum Gasteiger partial charge on any atom is -0.492 e. The van der Waals surface area contributed by atoms with E-state index in [1.807, 2.05) is 76.2 Å². The second-order valence-corrected chi connectivity index (χ2v) is 7.91. The Bertz CT molecular complexity index is 1230. The highest BCUT2D eigenvalue weighted by atomic mass is 16.5. The second-order valence-electron chi connectivity index (χ2n) is 7.91. The fraction of sp³-hybridized carbons (Fsp3) is 0.185. The molecule has 0 unspecified atom stereocenters. The zero-order chi connectivity index (χ0) is 22.8. The van der Waals surface area contributed by atoms with Crippen molar-refractivity contribution < 1.29 is 14.3 Å². The molecule has 0 aromatic heterocycles. The number of ether oxygens (including phenoxy) is 1. The Morgan fingerprint density at radius 2 is 1.53 bits per heavy atom. The number of aryl methyl sites for hydroxylation is 3. The summed E-state index contributed by atoms with van der Waals surface area (Å²) in [6.45, 7) is 8.25. The quantitative estimate of drug-likeness (QED) is 0.536. The molecule has 1 N–H and O–H groups in total. The van der Waals surface area contributed by atoms with Crippen LogP contribution >= 0.6 is 0 Å². The van der Waals surface area contributed by atoms with Gasteiger partial charge < -0.3 is 10.1 Å². The first-order valence-corrected chi connectivity index (χ1v) is 10.7. The summed E-state index contributed by atoms with van der Waals surface area (Å²) in [7, 11) is 0. The topological polar surface area (TPSA) is 58.6 Å². The number of imide groups is 1. The minimum atomic E-state index is -0.404. The lowest BCUT2D eigenvalue weighted by atomic mass is 10.0. The van der Waals surface area contributed by atoms with Gasteiger partial charge in [0.15, 0.2) is 0 Å². The van der Waals surface area contributed by atoms with Crippen LogP contribution in [-0.2, 0) is 9.59 Å². The Morgan fingerprint density at radius 1 is 0.844 bits per heavy atom. The van der Waals surface area contributed by atoms with Gasteiger partial charge >= 0.3 is 0 Å². The fourth-order valence-corrected chi connectivity index (χ4v) is 3.78. The Balaban J connectivity index is 1.86. The number of nitrogens with one attached hydrogen (secondary N) is 1. The Kier molecular flexibility index (Phi) is 5.82. The molecule has 1 aliphatic rings. The summed E-state index contributed by atoms with van der Waals surface area (Å²) in [5, 5.41) is 3.27. The summed E-state index contributed by atoms with van der Waals surface area (Å²) < 4.78 is 5.71. The number of nitrogens with zero attached hydrogens (tertiary/aromatic N) is 1. The maximum Gasteiger partial charge on any atom is 0.282 e. The average Bonchev–Trinajstić information content (AvgIpc) is 3.01. The summed E-state index contributed by atoms with van der Waals surface area (Å²) in [6, 6.07) is 20.7. The Morgan fingerprint density at radius 3 is 2.25 bits per heavy atom. The van der Waals surface area contributed by atoms with Gasteiger partial charge in [0.2, 0.25) is 0 Å². The van der Waals surface area contributed by atoms with Crippen molar-refractivity contribution in [3.05, 3.63) is 94.7 Å². The first-order chi connectivity index (χ1) is 15.4. The van der Waals surface area contributed by atoms with Crippen molar-refractivity contribution in [2.75, 3.05) is 16.8 Å². The third-order valence-electron chi connectivity index (χ3n) is 5.48. The molecule has 3 aromatic carbocycles. The van der Waals surface area contributed by atoms with E-state index in [0.717, 1.165) is 22.4 Å². The third-order valence-corrected chi connectivity index (χ3v) is 5.48. The number of benzene rings is 3. The van der Waals surface area contributed by atoms with E-state index in [2.05, 4.69) is 5.32 Å².